The van der Waals surface area contributed by atoms with Crippen LogP contribution in [-0.2, 0) is 9.53 Å². The van der Waals surface area contributed by atoms with Gasteiger partial charge < -0.3 is 20.1 Å². The van der Waals surface area contributed by atoms with Gasteiger partial charge in [-0.15, -0.1) is 0 Å². The Labute approximate surface area is 114 Å². The van der Waals surface area contributed by atoms with Gasteiger partial charge >= 0.3 is 11.9 Å². The second-order valence-electron chi connectivity index (χ2n) is 4.06. The number of benzene rings is 1. The second-order valence-corrected chi connectivity index (χ2v) is 4.06. The Morgan fingerprint density at radius 2 is 2.00 bits per heavy atom. The van der Waals surface area contributed by atoms with Crippen molar-refractivity contribution >= 4 is 11.9 Å². The van der Waals surface area contributed by atoms with Gasteiger partial charge in [-0.1, -0.05) is 6.07 Å². The molecule has 6 nitrogen and oxygen atoms in total. The highest BCUT2D eigenvalue weighted by molar-refractivity contribution is 5.89. The van der Waals surface area contributed by atoms with Crippen LogP contribution in [0, 0.1) is 5.82 Å². The molecular formula is C13H15FO6. The molecule has 3 N–H and O–H groups in total. The van der Waals surface area contributed by atoms with Crippen LogP contribution in [0.3, 0.4) is 0 Å². The maximum atomic E-state index is 13.0. The molecule has 0 spiro atoms. The molecule has 20 heavy (non-hydrogen) atoms. The van der Waals surface area contributed by atoms with E-state index in [2.05, 4.69) is 4.74 Å². The maximum absolute atomic E-state index is 13.0. The SMILES string of the molecule is CCOC(=O)CC(O)C(O)c1ccc(F)cc1C(=O)O. The van der Waals surface area contributed by atoms with E-state index in [9.17, 15) is 24.2 Å². The zero-order valence-corrected chi connectivity index (χ0v) is 10.7. The predicted molar refractivity (Wildman–Crippen MR) is 65.6 cm³/mol. The highest BCUT2D eigenvalue weighted by Crippen LogP contribution is 2.24. The van der Waals surface area contributed by atoms with Crippen LogP contribution in [0.1, 0.15) is 35.4 Å². The molecule has 0 aromatic heterocycles. The number of aromatic carboxylic acids is 1. The first-order valence-electron chi connectivity index (χ1n) is 5.91. The lowest BCUT2D eigenvalue weighted by Gasteiger charge is -2.19. The number of esters is 1. The molecule has 0 aliphatic carbocycles. The summed E-state index contributed by atoms with van der Waals surface area (Å²) in [6.07, 6.45) is -3.67. The Bertz CT molecular complexity index is 502. The van der Waals surface area contributed by atoms with Gasteiger partial charge in [0.1, 0.15) is 11.9 Å². The minimum absolute atomic E-state index is 0.124. The van der Waals surface area contributed by atoms with E-state index in [0.29, 0.717) is 0 Å². The molecule has 0 aliphatic rings. The van der Waals surface area contributed by atoms with Crippen LogP contribution in [0.4, 0.5) is 4.39 Å². The molecular weight excluding hydrogens is 271 g/mol. The smallest absolute Gasteiger partial charge is 0.336 e. The summed E-state index contributed by atoms with van der Waals surface area (Å²) < 4.78 is 17.6. The van der Waals surface area contributed by atoms with Crippen LogP contribution in [0.2, 0.25) is 0 Å². The molecule has 2 unspecified atom stereocenters. The van der Waals surface area contributed by atoms with Crippen molar-refractivity contribution in [2.45, 2.75) is 25.6 Å². The van der Waals surface area contributed by atoms with Crippen molar-refractivity contribution in [1.82, 2.24) is 0 Å². The predicted octanol–water partition coefficient (Wildman–Crippen LogP) is 0.871. The lowest BCUT2D eigenvalue weighted by atomic mass is 9.97. The zero-order valence-electron chi connectivity index (χ0n) is 10.7. The number of carboxylic acids is 1. The van der Waals surface area contributed by atoms with Crippen molar-refractivity contribution in [2.75, 3.05) is 6.61 Å². The van der Waals surface area contributed by atoms with Crippen molar-refractivity contribution in [3.05, 3.63) is 35.1 Å². The van der Waals surface area contributed by atoms with Gasteiger partial charge in [0.25, 0.3) is 0 Å². The number of carbonyl (C=O) groups excluding carboxylic acids is 1. The molecule has 0 aliphatic heterocycles. The number of hydrogen-bond acceptors (Lipinski definition) is 5. The third-order valence-electron chi connectivity index (χ3n) is 2.61. The molecule has 0 saturated heterocycles. The fourth-order valence-corrected chi connectivity index (χ4v) is 1.68. The minimum Gasteiger partial charge on any atom is -0.478 e. The van der Waals surface area contributed by atoms with E-state index in [1.807, 2.05) is 0 Å². The summed E-state index contributed by atoms with van der Waals surface area (Å²) in [4.78, 5) is 22.2. The molecule has 0 fully saturated rings. The van der Waals surface area contributed by atoms with Crippen LogP contribution in [0.25, 0.3) is 0 Å². The molecule has 0 amide bonds. The first-order valence-corrected chi connectivity index (χ1v) is 5.91. The maximum Gasteiger partial charge on any atom is 0.336 e. The lowest BCUT2D eigenvalue weighted by molar-refractivity contribution is -0.147. The third kappa shape index (κ3) is 4.01. The lowest BCUT2D eigenvalue weighted by Crippen LogP contribution is -2.24. The van der Waals surface area contributed by atoms with Gasteiger partial charge in [-0.3, -0.25) is 4.79 Å². The topological polar surface area (TPSA) is 104 Å². The van der Waals surface area contributed by atoms with E-state index in [4.69, 9.17) is 5.11 Å². The van der Waals surface area contributed by atoms with Crippen molar-refractivity contribution in [3.63, 3.8) is 0 Å². The summed E-state index contributed by atoms with van der Waals surface area (Å²) >= 11 is 0. The fraction of sp³-hybridized carbons (Fsp3) is 0.385. The molecule has 1 rings (SSSR count). The van der Waals surface area contributed by atoms with Gasteiger partial charge in [0.15, 0.2) is 0 Å². The van der Waals surface area contributed by atoms with E-state index in [1.165, 1.54) is 0 Å². The monoisotopic (exact) mass is 286 g/mol. The highest BCUT2D eigenvalue weighted by Gasteiger charge is 2.26. The van der Waals surface area contributed by atoms with Gasteiger partial charge in [-0.2, -0.15) is 0 Å². The summed E-state index contributed by atoms with van der Waals surface area (Å²) in [5.74, 6) is -2.95. The molecule has 0 bridgehead atoms. The number of rotatable bonds is 6. The van der Waals surface area contributed by atoms with E-state index < -0.39 is 41.9 Å². The van der Waals surface area contributed by atoms with Gasteiger partial charge in [0.05, 0.1) is 24.7 Å². The normalized spacial score (nSPS) is 13.6. The average Bonchev–Trinajstić information content (AvgIpc) is 2.37. The summed E-state index contributed by atoms with van der Waals surface area (Å²) in [7, 11) is 0. The van der Waals surface area contributed by atoms with Gasteiger partial charge in [-0.25, -0.2) is 9.18 Å². The van der Waals surface area contributed by atoms with Crippen molar-refractivity contribution in [2.24, 2.45) is 0 Å². The zero-order chi connectivity index (χ0) is 15.3. The molecule has 2 atom stereocenters. The molecule has 0 heterocycles. The Kier molecular flexibility index (Phi) is 5.60. The van der Waals surface area contributed by atoms with Gasteiger partial charge in [-0.05, 0) is 24.6 Å². The summed E-state index contributed by atoms with van der Waals surface area (Å²) in [6.45, 7) is 1.71. The standard InChI is InChI=1S/C13H15FO6/c1-2-20-11(16)6-10(15)12(17)8-4-3-7(14)5-9(8)13(18)19/h3-5,10,12,15,17H,2,6H2,1H3,(H,18,19). The second kappa shape index (κ2) is 6.97. The van der Waals surface area contributed by atoms with Crippen molar-refractivity contribution < 1.29 is 34.0 Å². The largest absolute Gasteiger partial charge is 0.478 e. The molecule has 0 saturated carbocycles. The first kappa shape index (κ1) is 16.1. The number of carbonyl (C=O) groups is 2. The Morgan fingerprint density at radius 3 is 2.55 bits per heavy atom. The van der Waals surface area contributed by atoms with Crippen LogP contribution in [-0.4, -0.2) is 40.0 Å². The van der Waals surface area contributed by atoms with Crippen molar-refractivity contribution in [3.8, 4) is 0 Å². The summed E-state index contributed by atoms with van der Waals surface area (Å²) in [6, 6.07) is 2.75. The molecule has 1 aromatic carbocycles. The number of carboxylic acid groups (broad SMARTS) is 1. The molecule has 7 heteroatoms. The van der Waals surface area contributed by atoms with E-state index in [0.717, 1.165) is 18.2 Å². The summed E-state index contributed by atoms with van der Waals surface area (Å²) in [5.41, 5.74) is -0.642. The molecule has 110 valence electrons. The summed E-state index contributed by atoms with van der Waals surface area (Å²) in [5, 5.41) is 28.5. The van der Waals surface area contributed by atoms with Gasteiger partial charge in [0, 0.05) is 0 Å². The van der Waals surface area contributed by atoms with Crippen LogP contribution in [0.15, 0.2) is 18.2 Å². The average molecular weight is 286 g/mol. The van der Waals surface area contributed by atoms with Crippen molar-refractivity contribution in [1.29, 1.82) is 0 Å². The Morgan fingerprint density at radius 1 is 1.35 bits per heavy atom. The highest BCUT2D eigenvalue weighted by atomic mass is 19.1. The van der Waals surface area contributed by atoms with E-state index in [-0.39, 0.29) is 12.2 Å². The molecule has 1 aromatic rings. The van der Waals surface area contributed by atoms with Gasteiger partial charge in [0.2, 0.25) is 0 Å². The Balaban J connectivity index is 2.93. The quantitative estimate of drug-likeness (QED) is 0.670. The minimum atomic E-state index is -1.63. The van der Waals surface area contributed by atoms with Crippen LogP contribution < -0.4 is 0 Å². The first-order chi connectivity index (χ1) is 9.36. The Hall–Kier alpha value is -1.99. The van der Waals surface area contributed by atoms with Crippen LogP contribution >= 0.6 is 0 Å². The number of ether oxygens (including phenoxy) is 1. The van der Waals surface area contributed by atoms with Crippen LogP contribution in [0.5, 0.6) is 0 Å². The van der Waals surface area contributed by atoms with E-state index >= 15 is 0 Å². The number of aliphatic hydroxyl groups excluding tert-OH is 2. The molecule has 0 radical (unpaired) electrons. The van der Waals surface area contributed by atoms with E-state index in [1.54, 1.807) is 6.92 Å². The number of hydrogen-bond donors (Lipinski definition) is 3. The number of halogens is 1. The number of aliphatic hydroxyl groups is 2. The third-order valence-corrected chi connectivity index (χ3v) is 2.61. The fourth-order valence-electron chi connectivity index (χ4n) is 1.68.